The van der Waals surface area contributed by atoms with Crippen LogP contribution in [0.3, 0.4) is 0 Å². The number of carbonyl (C=O) groups excluding carboxylic acids is 3. The number of aromatic hydroxyl groups is 1. The molecule has 3 aromatic rings. The standard InChI is InChI=1S/C21H14N2O11/c1-32-21(31)33-12-4-2-3-10-17(12)34-20(30)22(18(10)27)11-6-5-9(19(28)29)16(26)15(11)23-13(24)7-8-14(23)25/h2-6,26H,7-8H2,1H3,(H,28,29). The monoisotopic (exact) mass is 470 g/mol. The highest BCUT2D eigenvalue weighted by Crippen LogP contribution is 2.39. The van der Waals surface area contributed by atoms with Gasteiger partial charge in [-0.25, -0.2) is 23.9 Å². The number of methoxy groups -OCH3 is 1. The van der Waals surface area contributed by atoms with Crippen LogP contribution in [0.4, 0.5) is 10.5 Å². The molecule has 0 unspecified atom stereocenters. The van der Waals surface area contributed by atoms with Crippen molar-refractivity contribution in [3.05, 3.63) is 56.8 Å². The van der Waals surface area contributed by atoms with Crippen LogP contribution < -0.4 is 21.0 Å². The van der Waals surface area contributed by atoms with E-state index >= 15 is 0 Å². The third-order valence-electron chi connectivity index (χ3n) is 5.02. The molecule has 2 amide bonds. The van der Waals surface area contributed by atoms with Crippen LogP contribution in [0.1, 0.15) is 23.2 Å². The zero-order valence-corrected chi connectivity index (χ0v) is 17.3. The van der Waals surface area contributed by atoms with Gasteiger partial charge in [0, 0.05) is 12.8 Å². The van der Waals surface area contributed by atoms with Crippen LogP contribution in [0.5, 0.6) is 11.5 Å². The summed E-state index contributed by atoms with van der Waals surface area (Å²) in [5.74, 6) is -5.73. The van der Waals surface area contributed by atoms with Crippen LogP contribution in [0, 0.1) is 0 Å². The molecular formula is C21H14N2O11. The molecule has 4 rings (SSSR count). The molecule has 174 valence electrons. The average molecular weight is 470 g/mol. The fourth-order valence-corrected chi connectivity index (χ4v) is 3.51. The third-order valence-corrected chi connectivity index (χ3v) is 5.02. The van der Waals surface area contributed by atoms with E-state index in [1.54, 1.807) is 0 Å². The predicted octanol–water partition coefficient (Wildman–Crippen LogP) is 1.15. The molecule has 34 heavy (non-hydrogen) atoms. The zero-order chi connectivity index (χ0) is 24.7. The molecule has 2 N–H and O–H groups in total. The molecule has 0 radical (unpaired) electrons. The van der Waals surface area contributed by atoms with E-state index in [4.69, 9.17) is 9.15 Å². The number of phenols is 1. The summed E-state index contributed by atoms with van der Waals surface area (Å²) >= 11 is 0. The molecule has 0 spiro atoms. The number of aromatic nitrogens is 1. The Balaban J connectivity index is 2.05. The second-order valence-electron chi connectivity index (χ2n) is 6.96. The number of amides is 2. The van der Waals surface area contributed by atoms with Crippen molar-refractivity contribution >= 4 is 40.6 Å². The van der Waals surface area contributed by atoms with E-state index in [0.29, 0.717) is 9.47 Å². The number of hydrogen-bond donors (Lipinski definition) is 2. The molecule has 1 aromatic heterocycles. The molecule has 2 heterocycles. The first kappa shape index (κ1) is 22.3. The first-order chi connectivity index (χ1) is 16.1. The van der Waals surface area contributed by atoms with Crippen LogP contribution in [0.25, 0.3) is 16.7 Å². The molecule has 1 aliphatic rings. The number of aromatic carboxylic acids is 1. The second-order valence-corrected chi connectivity index (χ2v) is 6.96. The van der Waals surface area contributed by atoms with Gasteiger partial charge in [-0.3, -0.25) is 14.4 Å². The summed E-state index contributed by atoms with van der Waals surface area (Å²) < 4.78 is 14.9. The Hall–Kier alpha value is -4.94. The van der Waals surface area contributed by atoms with Crippen molar-refractivity contribution in [1.82, 2.24) is 4.57 Å². The predicted molar refractivity (Wildman–Crippen MR) is 111 cm³/mol. The number of benzene rings is 2. The maximum Gasteiger partial charge on any atom is 0.513 e. The molecule has 0 bridgehead atoms. The molecule has 2 aromatic carbocycles. The van der Waals surface area contributed by atoms with Crippen molar-refractivity contribution in [1.29, 1.82) is 0 Å². The molecular weight excluding hydrogens is 456 g/mol. The van der Waals surface area contributed by atoms with E-state index in [0.717, 1.165) is 19.2 Å². The molecule has 1 saturated heterocycles. The highest BCUT2D eigenvalue weighted by molar-refractivity contribution is 6.22. The van der Waals surface area contributed by atoms with Crippen LogP contribution in [-0.2, 0) is 14.3 Å². The second kappa shape index (κ2) is 8.20. The number of carboxylic acid groups (broad SMARTS) is 1. The lowest BCUT2D eigenvalue weighted by atomic mass is 10.1. The largest absolute Gasteiger partial charge is 0.513 e. The minimum absolute atomic E-state index is 0.218. The Kier molecular flexibility index (Phi) is 5.37. The van der Waals surface area contributed by atoms with Crippen molar-refractivity contribution in [2.75, 3.05) is 12.0 Å². The van der Waals surface area contributed by atoms with E-state index in [1.807, 2.05) is 0 Å². The molecule has 1 fully saturated rings. The maximum absolute atomic E-state index is 13.3. The lowest BCUT2D eigenvalue weighted by Gasteiger charge is -2.21. The smallest absolute Gasteiger partial charge is 0.505 e. The molecule has 0 saturated carbocycles. The number of imide groups is 1. The van der Waals surface area contributed by atoms with Crippen molar-refractivity contribution < 1.29 is 43.3 Å². The first-order valence-electron chi connectivity index (χ1n) is 9.55. The van der Waals surface area contributed by atoms with Crippen molar-refractivity contribution in [2.24, 2.45) is 0 Å². The molecule has 0 aliphatic carbocycles. The minimum atomic E-state index is -1.58. The first-order valence-corrected chi connectivity index (χ1v) is 9.55. The van der Waals surface area contributed by atoms with Gasteiger partial charge in [0.2, 0.25) is 11.8 Å². The Morgan fingerprint density at radius 1 is 1.03 bits per heavy atom. The summed E-state index contributed by atoms with van der Waals surface area (Å²) in [5, 5.41) is 19.7. The normalized spacial score (nSPS) is 13.4. The summed E-state index contributed by atoms with van der Waals surface area (Å²) in [7, 11) is 1.05. The number of anilines is 1. The van der Waals surface area contributed by atoms with Crippen LogP contribution in [0.15, 0.2) is 44.3 Å². The van der Waals surface area contributed by atoms with Gasteiger partial charge in [-0.2, -0.15) is 0 Å². The minimum Gasteiger partial charge on any atom is -0.505 e. The summed E-state index contributed by atoms with van der Waals surface area (Å²) in [5.41, 5.74) is -3.20. The number of hydrogen-bond acceptors (Lipinski definition) is 10. The Morgan fingerprint density at radius 2 is 1.71 bits per heavy atom. The van der Waals surface area contributed by atoms with Crippen LogP contribution in [-0.4, -0.2) is 45.8 Å². The number of para-hydroxylation sites is 1. The highest BCUT2D eigenvalue weighted by Gasteiger charge is 2.36. The summed E-state index contributed by atoms with van der Waals surface area (Å²) in [6.07, 6.45) is -1.57. The van der Waals surface area contributed by atoms with Gasteiger partial charge in [0.05, 0.1) is 18.2 Å². The number of nitrogens with zero attached hydrogens (tertiary/aromatic N) is 2. The number of rotatable bonds is 4. The Bertz CT molecular complexity index is 1500. The van der Waals surface area contributed by atoms with Crippen LogP contribution >= 0.6 is 0 Å². The van der Waals surface area contributed by atoms with Gasteiger partial charge >= 0.3 is 17.9 Å². The summed E-state index contributed by atoms with van der Waals surface area (Å²) in [6, 6.07) is 5.70. The van der Waals surface area contributed by atoms with E-state index < -0.39 is 57.9 Å². The van der Waals surface area contributed by atoms with Gasteiger partial charge in [-0.15, -0.1) is 0 Å². The zero-order valence-electron chi connectivity index (χ0n) is 17.3. The summed E-state index contributed by atoms with van der Waals surface area (Å²) in [4.78, 5) is 74.3. The van der Waals surface area contributed by atoms with Gasteiger partial charge in [0.1, 0.15) is 11.3 Å². The highest BCUT2D eigenvalue weighted by atomic mass is 16.7. The SMILES string of the molecule is COC(=O)Oc1cccc2c(=O)n(-c3ccc(C(=O)O)c(O)c3N3C(=O)CCC3=O)c(=O)oc12. The average Bonchev–Trinajstić information content (AvgIpc) is 3.12. The van der Waals surface area contributed by atoms with E-state index in [2.05, 4.69) is 4.74 Å². The van der Waals surface area contributed by atoms with Gasteiger partial charge in [-0.1, -0.05) is 6.07 Å². The Morgan fingerprint density at radius 3 is 2.32 bits per heavy atom. The van der Waals surface area contributed by atoms with E-state index in [-0.39, 0.29) is 29.6 Å². The lowest BCUT2D eigenvalue weighted by molar-refractivity contribution is -0.121. The van der Waals surface area contributed by atoms with Crippen LogP contribution in [0.2, 0.25) is 0 Å². The lowest BCUT2D eigenvalue weighted by Crippen LogP contribution is -2.35. The van der Waals surface area contributed by atoms with Gasteiger partial charge < -0.3 is 24.1 Å². The van der Waals surface area contributed by atoms with Gasteiger partial charge in [0.25, 0.3) is 5.56 Å². The molecule has 1 aliphatic heterocycles. The number of fused-ring (bicyclic) bond motifs is 1. The summed E-state index contributed by atoms with van der Waals surface area (Å²) in [6.45, 7) is 0. The fraction of sp³-hybridized carbons (Fsp3) is 0.143. The number of carboxylic acids is 1. The fourth-order valence-electron chi connectivity index (χ4n) is 3.51. The Labute approximate surface area is 187 Å². The molecule has 0 atom stereocenters. The van der Waals surface area contributed by atoms with Crippen molar-refractivity contribution in [2.45, 2.75) is 12.8 Å². The van der Waals surface area contributed by atoms with Crippen molar-refractivity contribution in [3.63, 3.8) is 0 Å². The van der Waals surface area contributed by atoms with Gasteiger partial charge in [0.15, 0.2) is 17.1 Å². The topological polar surface area (TPSA) is 183 Å². The third kappa shape index (κ3) is 3.44. The van der Waals surface area contributed by atoms with E-state index in [1.165, 1.54) is 18.2 Å². The quantitative estimate of drug-likeness (QED) is 0.317. The maximum atomic E-state index is 13.3. The molecule has 13 nitrogen and oxygen atoms in total. The number of carbonyl (C=O) groups is 4. The van der Waals surface area contributed by atoms with Gasteiger partial charge in [-0.05, 0) is 24.3 Å². The van der Waals surface area contributed by atoms with Crippen molar-refractivity contribution in [3.8, 4) is 17.2 Å². The number of ether oxygens (including phenoxy) is 2. The van der Waals surface area contributed by atoms with E-state index in [9.17, 15) is 39.0 Å². The molecule has 13 heteroatoms.